The van der Waals surface area contributed by atoms with E-state index in [1.165, 1.54) is 96.3 Å². The Morgan fingerprint density at radius 3 is 1.42 bits per heavy atom. The van der Waals surface area contributed by atoms with Crippen LogP contribution in [0.2, 0.25) is 0 Å². The van der Waals surface area contributed by atoms with Crippen LogP contribution in [0.15, 0.2) is 48.6 Å². The van der Waals surface area contributed by atoms with Crippen LogP contribution in [-0.2, 0) is 35.0 Å². The predicted octanol–water partition coefficient (Wildman–Crippen LogP) is 13.9. The van der Waals surface area contributed by atoms with Gasteiger partial charge in [0.05, 0.1) is 0 Å². The third-order valence-electron chi connectivity index (χ3n) is 11.2. The largest absolute Gasteiger partial charge is 0.462 e. The fraction of sp³-hybridized carbons (Fsp3) is 0.750. The van der Waals surface area contributed by atoms with Gasteiger partial charge in [-0.25, -0.2) is 0 Å². The van der Waals surface area contributed by atoms with Crippen molar-refractivity contribution in [2.45, 2.75) is 212 Å². The Kier molecular flexibility index (Phi) is 39.3. The molecule has 2 atom stereocenters. The van der Waals surface area contributed by atoms with Crippen molar-refractivity contribution in [3.05, 3.63) is 54.1 Å². The summed E-state index contributed by atoms with van der Waals surface area (Å²) < 4.78 is 16.8. The third kappa shape index (κ3) is 33.9. The molecule has 0 aromatic heterocycles. The number of esters is 3. The van der Waals surface area contributed by atoms with Crippen molar-refractivity contribution in [3.8, 4) is 0 Å². The van der Waals surface area contributed by atoms with E-state index in [1.807, 2.05) is 24.3 Å². The van der Waals surface area contributed by atoms with Crippen LogP contribution in [-0.4, -0.2) is 68.1 Å². The predicted molar refractivity (Wildman–Crippen MR) is 262 cm³/mol. The van der Waals surface area contributed by atoms with Crippen molar-refractivity contribution >= 4 is 46.8 Å². The van der Waals surface area contributed by atoms with Crippen molar-refractivity contribution in [3.63, 3.8) is 0 Å². The lowest BCUT2D eigenvalue weighted by atomic mass is 10.1. The molecule has 0 amide bonds. The van der Waals surface area contributed by atoms with E-state index < -0.39 is 24.1 Å². The summed E-state index contributed by atoms with van der Waals surface area (Å²) in [6.07, 6.45) is 39.9. The summed E-state index contributed by atoms with van der Waals surface area (Å²) in [6, 6.07) is 6.85. The molecule has 0 aliphatic rings. The zero-order valence-electron chi connectivity index (χ0n) is 39.3. The van der Waals surface area contributed by atoms with Gasteiger partial charge in [0, 0.05) is 43.4 Å². The van der Waals surface area contributed by atoms with Crippen LogP contribution in [0.1, 0.15) is 199 Å². The molecule has 0 saturated heterocycles. The van der Waals surface area contributed by atoms with E-state index in [-0.39, 0.29) is 32.0 Å². The Morgan fingerprint density at radius 1 is 0.565 bits per heavy atom. The highest BCUT2D eigenvalue weighted by Gasteiger charge is 2.22. The highest BCUT2D eigenvalue weighted by atomic mass is 35.5. The van der Waals surface area contributed by atoms with Gasteiger partial charge in [0.2, 0.25) is 0 Å². The molecule has 0 bridgehead atoms. The van der Waals surface area contributed by atoms with Crippen LogP contribution < -0.4 is 10.6 Å². The number of allylic oxidation sites excluding steroid dienone is 4. The number of unbranched alkanes of at least 4 members (excludes halogenated alkanes) is 22. The molecular formula is C52H88Cl2N2O6. The molecule has 8 nitrogen and oxygen atoms in total. The topological polar surface area (TPSA) is 108 Å². The smallest absolute Gasteiger partial charge is 0.323 e. The van der Waals surface area contributed by atoms with E-state index >= 15 is 0 Å². The van der Waals surface area contributed by atoms with Crippen LogP contribution in [0.5, 0.6) is 0 Å². The fourth-order valence-electron chi connectivity index (χ4n) is 7.34. The molecule has 0 aliphatic carbocycles. The van der Waals surface area contributed by atoms with Gasteiger partial charge in [-0.1, -0.05) is 153 Å². The van der Waals surface area contributed by atoms with E-state index in [2.05, 4.69) is 43.1 Å². The number of hydrogen-bond acceptors (Lipinski definition) is 8. The molecule has 356 valence electrons. The minimum absolute atomic E-state index is 0.174. The van der Waals surface area contributed by atoms with Crippen LogP contribution in [0.4, 0.5) is 5.69 Å². The van der Waals surface area contributed by atoms with Gasteiger partial charge in [-0.3, -0.25) is 14.4 Å². The quantitative estimate of drug-likeness (QED) is 0.0227. The number of ether oxygens (including phenoxy) is 3. The molecule has 10 heteroatoms. The van der Waals surface area contributed by atoms with E-state index in [4.69, 9.17) is 43.1 Å². The average Bonchev–Trinajstić information content (AvgIpc) is 3.27. The first-order valence-corrected chi connectivity index (χ1v) is 25.9. The summed E-state index contributed by atoms with van der Waals surface area (Å²) in [6.45, 7) is 5.45. The van der Waals surface area contributed by atoms with E-state index in [0.717, 1.165) is 75.5 Å². The SMILES string of the molecule is CCCCCCCC/C=C\CCCCCCCC(=O)OC[C@@H](COC(=O)[C@@H](N)Cc1ccc(N(CCCl)CCCl)cc1)OC(=O)CCCCCCC/C=C\CCCCCCCC. The number of halogens is 2. The first kappa shape index (κ1) is 57.5. The maximum Gasteiger partial charge on any atom is 0.323 e. The second-order valence-corrected chi connectivity index (χ2v) is 17.7. The molecular weight excluding hydrogens is 819 g/mol. The van der Waals surface area contributed by atoms with Crippen LogP contribution >= 0.6 is 23.2 Å². The first-order chi connectivity index (χ1) is 30.3. The van der Waals surface area contributed by atoms with Gasteiger partial charge in [0.25, 0.3) is 0 Å². The van der Waals surface area contributed by atoms with Gasteiger partial charge in [-0.05, 0) is 88.3 Å². The lowest BCUT2D eigenvalue weighted by Crippen LogP contribution is -2.38. The maximum absolute atomic E-state index is 13.0. The molecule has 0 saturated carbocycles. The summed E-state index contributed by atoms with van der Waals surface area (Å²) in [5.74, 6) is -0.374. The van der Waals surface area contributed by atoms with Gasteiger partial charge in [0.15, 0.2) is 6.10 Å². The Bertz CT molecular complexity index is 1270. The zero-order chi connectivity index (χ0) is 45.1. The zero-order valence-corrected chi connectivity index (χ0v) is 40.8. The van der Waals surface area contributed by atoms with E-state index in [9.17, 15) is 14.4 Å². The van der Waals surface area contributed by atoms with Gasteiger partial charge >= 0.3 is 17.9 Å². The second kappa shape index (κ2) is 42.4. The second-order valence-electron chi connectivity index (χ2n) is 16.9. The third-order valence-corrected chi connectivity index (χ3v) is 11.5. The normalized spacial score (nSPS) is 12.5. The number of nitrogens with two attached hydrogens (primary N) is 1. The Hall–Kier alpha value is -2.55. The number of hydrogen-bond donors (Lipinski definition) is 1. The summed E-state index contributed by atoms with van der Waals surface area (Å²) >= 11 is 11.9. The number of nitrogens with zero attached hydrogens (tertiary/aromatic N) is 1. The molecule has 0 aliphatic heterocycles. The number of carbonyl (C=O) groups excluding carboxylic acids is 3. The number of benzene rings is 1. The van der Waals surface area contributed by atoms with Crippen LogP contribution in [0.25, 0.3) is 0 Å². The van der Waals surface area contributed by atoms with Crippen molar-refractivity contribution in [1.82, 2.24) is 0 Å². The first-order valence-electron chi connectivity index (χ1n) is 24.9. The van der Waals surface area contributed by atoms with E-state index in [0.29, 0.717) is 37.7 Å². The summed E-state index contributed by atoms with van der Waals surface area (Å²) in [5.41, 5.74) is 8.12. The fourth-order valence-corrected chi connectivity index (χ4v) is 7.74. The molecule has 62 heavy (non-hydrogen) atoms. The molecule has 0 fully saturated rings. The summed E-state index contributed by atoms with van der Waals surface area (Å²) in [5, 5.41) is 0. The highest BCUT2D eigenvalue weighted by molar-refractivity contribution is 6.18. The van der Waals surface area contributed by atoms with Gasteiger partial charge in [-0.15, -0.1) is 23.2 Å². The molecule has 0 unspecified atom stereocenters. The minimum atomic E-state index is -0.918. The van der Waals surface area contributed by atoms with Crippen LogP contribution in [0.3, 0.4) is 0 Å². The molecule has 1 aromatic rings. The van der Waals surface area contributed by atoms with Crippen molar-refractivity contribution < 1.29 is 28.6 Å². The highest BCUT2D eigenvalue weighted by Crippen LogP contribution is 2.18. The lowest BCUT2D eigenvalue weighted by molar-refractivity contribution is -0.167. The van der Waals surface area contributed by atoms with Gasteiger partial charge < -0.3 is 24.8 Å². The number of rotatable bonds is 43. The molecule has 0 heterocycles. The summed E-state index contributed by atoms with van der Waals surface area (Å²) in [4.78, 5) is 40.6. The maximum atomic E-state index is 13.0. The number of alkyl halides is 2. The molecule has 0 radical (unpaired) electrons. The van der Waals surface area contributed by atoms with Crippen molar-refractivity contribution in [1.29, 1.82) is 0 Å². The minimum Gasteiger partial charge on any atom is -0.462 e. The van der Waals surface area contributed by atoms with Gasteiger partial charge in [0.1, 0.15) is 19.3 Å². The Balaban J connectivity index is 2.49. The number of carbonyl (C=O) groups is 3. The molecule has 1 rings (SSSR count). The molecule has 1 aromatic carbocycles. The van der Waals surface area contributed by atoms with Crippen LogP contribution in [0, 0.1) is 0 Å². The number of anilines is 1. The molecule has 2 N–H and O–H groups in total. The lowest BCUT2D eigenvalue weighted by Gasteiger charge is -2.23. The van der Waals surface area contributed by atoms with E-state index in [1.54, 1.807) is 0 Å². The average molecular weight is 908 g/mol. The Morgan fingerprint density at radius 2 is 0.968 bits per heavy atom. The summed E-state index contributed by atoms with van der Waals surface area (Å²) in [7, 11) is 0. The molecule has 0 spiro atoms. The Labute approximate surface area is 388 Å². The standard InChI is InChI=1S/C52H88Cl2N2O6/c1-3-5-7-9-11-13-15-17-19-21-23-25-27-29-31-33-50(57)60-44-48(62-51(58)34-32-30-28-26-24-22-20-18-16-14-12-10-8-6-4-2)45-61-52(59)49(55)43-46-35-37-47(38-36-46)56(41-39-53)42-40-54/h17-20,35-38,48-49H,3-16,21-34,39-45,55H2,1-2H3/b19-17-,20-18-/t48-,49-/m0/s1. The van der Waals surface area contributed by atoms with Gasteiger partial charge in [-0.2, -0.15) is 0 Å². The van der Waals surface area contributed by atoms with Crippen molar-refractivity contribution in [2.24, 2.45) is 5.73 Å². The monoisotopic (exact) mass is 907 g/mol. The van der Waals surface area contributed by atoms with Crippen molar-refractivity contribution in [2.75, 3.05) is 43.0 Å².